The van der Waals surface area contributed by atoms with Crippen LogP contribution < -0.4 is 19.7 Å². The lowest BCUT2D eigenvalue weighted by Crippen LogP contribution is -2.25. The Morgan fingerprint density at radius 3 is 2.80 bits per heavy atom. The lowest BCUT2D eigenvalue weighted by molar-refractivity contribution is -0.120. The zero-order valence-electron chi connectivity index (χ0n) is 27.8. The van der Waals surface area contributed by atoms with Crippen molar-refractivity contribution in [3.05, 3.63) is 126 Å². The summed E-state index contributed by atoms with van der Waals surface area (Å²) in [6, 6.07) is 24.1. The molecule has 0 saturated carbocycles. The van der Waals surface area contributed by atoms with Gasteiger partial charge in [0.25, 0.3) is 0 Å². The van der Waals surface area contributed by atoms with Crippen molar-refractivity contribution in [1.82, 2.24) is 40.2 Å². The first-order chi connectivity index (χ1) is 24.4. The van der Waals surface area contributed by atoms with Crippen LogP contribution >= 0.6 is 0 Å². The molecule has 0 saturated heterocycles. The Balaban J connectivity index is 0.964. The molecular weight excluding hydrogens is 634 g/mol. The van der Waals surface area contributed by atoms with Gasteiger partial charge in [-0.15, -0.1) is 5.10 Å². The van der Waals surface area contributed by atoms with Crippen molar-refractivity contribution in [2.45, 2.75) is 33.0 Å². The number of rotatable bonds is 13. The van der Waals surface area contributed by atoms with Gasteiger partial charge in [-0.3, -0.25) is 4.79 Å². The lowest BCUT2D eigenvalue weighted by atomic mass is 10.0. The number of hydrogen-bond acceptors (Lipinski definition) is 10. The van der Waals surface area contributed by atoms with Gasteiger partial charge in [0.05, 0.1) is 32.8 Å². The summed E-state index contributed by atoms with van der Waals surface area (Å²) in [4.78, 5) is 31.1. The second-order valence-corrected chi connectivity index (χ2v) is 11.7. The Morgan fingerprint density at radius 1 is 1.06 bits per heavy atom. The molecule has 0 bridgehead atoms. The number of ether oxygens (including phenoxy) is 2. The van der Waals surface area contributed by atoms with Crippen molar-refractivity contribution in [3.8, 4) is 23.0 Å². The van der Waals surface area contributed by atoms with Crippen LogP contribution in [0.1, 0.15) is 28.1 Å². The molecule has 7 rings (SSSR count). The molecule has 3 aromatic carbocycles. The van der Waals surface area contributed by atoms with Gasteiger partial charge in [0.15, 0.2) is 6.39 Å². The van der Waals surface area contributed by atoms with Gasteiger partial charge in [0, 0.05) is 47.7 Å². The monoisotopic (exact) mass is 669 g/mol. The molecule has 0 radical (unpaired) electrons. The number of benzene rings is 3. The number of hydrogen-bond donors (Lipinski definition) is 2. The molecule has 1 amide bonds. The maximum absolute atomic E-state index is 13.0. The molecule has 0 aliphatic heterocycles. The molecule has 13 heteroatoms. The summed E-state index contributed by atoms with van der Waals surface area (Å²) in [5.41, 5.74) is 7.16. The van der Waals surface area contributed by atoms with E-state index in [9.17, 15) is 4.79 Å². The highest BCUT2D eigenvalue weighted by molar-refractivity contribution is 5.89. The number of aromatic nitrogens is 7. The number of nitrogens with zero attached hydrogens (tertiary/aromatic N) is 7. The van der Waals surface area contributed by atoms with E-state index in [0.717, 1.165) is 44.6 Å². The molecule has 2 N–H and O–H groups in total. The first-order valence-electron chi connectivity index (χ1n) is 16.0. The van der Waals surface area contributed by atoms with Crippen LogP contribution in [0.3, 0.4) is 0 Å². The minimum absolute atomic E-state index is 0.138. The first-order valence-corrected chi connectivity index (χ1v) is 16.0. The molecule has 0 fully saturated rings. The number of fused-ring (bicyclic) bond motifs is 1. The number of carbonyl (C=O) groups excluding carboxylic acids is 1. The van der Waals surface area contributed by atoms with Crippen LogP contribution in [0.4, 0.5) is 11.5 Å². The lowest BCUT2D eigenvalue weighted by Gasteiger charge is -2.19. The highest BCUT2D eigenvalue weighted by atomic mass is 16.5. The van der Waals surface area contributed by atoms with E-state index >= 15 is 0 Å². The van der Waals surface area contributed by atoms with E-state index in [4.69, 9.17) is 13.9 Å². The molecule has 0 aliphatic rings. The molecule has 0 spiro atoms. The summed E-state index contributed by atoms with van der Waals surface area (Å²) in [7, 11) is 3.47. The van der Waals surface area contributed by atoms with Crippen molar-refractivity contribution in [2.75, 3.05) is 19.1 Å². The van der Waals surface area contributed by atoms with Crippen LogP contribution in [-0.2, 0) is 30.9 Å². The molecule has 0 aliphatic carbocycles. The van der Waals surface area contributed by atoms with Crippen molar-refractivity contribution < 1.29 is 18.7 Å². The summed E-state index contributed by atoms with van der Waals surface area (Å²) in [5.74, 6) is 1.87. The maximum atomic E-state index is 13.0. The van der Waals surface area contributed by atoms with E-state index in [0.29, 0.717) is 42.1 Å². The van der Waals surface area contributed by atoms with Crippen LogP contribution in [0.15, 0.2) is 102 Å². The van der Waals surface area contributed by atoms with Gasteiger partial charge < -0.3 is 29.1 Å². The topological polar surface area (TPSA) is 149 Å². The number of nitrogens with one attached hydrogen (secondary N) is 2. The standard InChI is InChI=1S/C37H35N9O4/c1-24-9-10-27(45(2)35-13-14-38-37(42-35)48-3)16-30(24)32-20-46(44-43-32)21-33-34(50-23-41-33)19-40-36(47)15-26-18-39-31-17-28(11-12-29(26)31)49-22-25-7-5-4-6-8-25/h4-14,16-18,20,23,39H,15,19,21-22H2,1-3H3,(H,40,47). The van der Waals surface area contributed by atoms with Crippen LogP contribution in [0, 0.1) is 6.92 Å². The Labute approximate surface area is 287 Å². The summed E-state index contributed by atoms with van der Waals surface area (Å²) in [5, 5.41) is 12.7. The van der Waals surface area contributed by atoms with Crippen molar-refractivity contribution in [1.29, 1.82) is 0 Å². The Morgan fingerprint density at radius 2 is 1.94 bits per heavy atom. The highest BCUT2D eigenvalue weighted by Crippen LogP contribution is 2.30. The van der Waals surface area contributed by atoms with E-state index < -0.39 is 0 Å². The Hall–Kier alpha value is -6.50. The van der Waals surface area contributed by atoms with E-state index in [1.807, 2.05) is 104 Å². The van der Waals surface area contributed by atoms with E-state index in [-0.39, 0.29) is 18.9 Å². The smallest absolute Gasteiger partial charge is 0.318 e. The third-order valence-corrected chi connectivity index (χ3v) is 8.39. The molecule has 4 aromatic heterocycles. The molecular formula is C37H35N9O4. The largest absolute Gasteiger partial charge is 0.489 e. The SMILES string of the molecule is COc1nccc(N(C)c2ccc(C)c(-c3cn(Cc4ncoc4CNC(=O)Cc4c[nH]c5cc(OCc6ccccc6)ccc45)nn3)c2)n1. The molecule has 13 nitrogen and oxygen atoms in total. The second kappa shape index (κ2) is 14.3. The Bertz CT molecular complexity index is 2240. The fraction of sp³-hybridized carbons (Fsp3) is 0.189. The maximum Gasteiger partial charge on any atom is 0.318 e. The van der Waals surface area contributed by atoms with Crippen molar-refractivity contribution in [2.24, 2.45) is 0 Å². The van der Waals surface area contributed by atoms with E-state index in [1.54, 1.807) is 10.9 Å². The van der Waals surface area contributed by atoms with Gasteiger partial charge in [-0.1, -0.05) is 41.6 Å². The third-order valence-electron chi connectivity index (χ3n) is 8.39. The van der Waals surface area contributed by atoms with Crippen LogP contribution in [0.2, 0.25) is 0 Å². The zero-order chi connectivity index (χ0) is 34.5. The van der Waals surface area contributed by atoms with Crippen LogP contribution in [0.5, 0.6) is 11.8 Å². The Kier molecular flexibility index (Phi) is 9.18. The van der Waals surface area contributed by atoms with Gasteiger partial charge in [-0.25, -0.2) is 14.6 Å². The van der Waals surface area contributed by atoms with E-state index in [2.05, 4.69) is 35.6 Å². The summed E-state index contributed by atoms with van der Waals surface area (Å²) < 4.78 is 18.5. The average molecular weight is 670 g/mol. The summed E-state index contributed by atoms with van der Waals surface area (Å²) in [6.45, 7) is 3.03. The number of amides is 1. The highest BCUT2D eigenvalue weighted by Gasteiger charge is 2.16. The number of H-pyrrole nitrogens is 1. The zero-order valence-corrected chi connectivity index (χ0v) is 27.8. The fourth-order valence-corrected chi connectivity index (χ4v) is 5.62. The third kappa shape index (κ3) is 7.16. The molecule has 4 heterocycles. The minimum Gasteiger partial charge on any atom is -0.489 e. The molecule has 252 valence electrons. The number of aryl methyl sites for hydroxylation is 1. The predicted molar refractivity (Wildman–Crippen MR) is 187 cm³/mol. The van der Waals surface area contributed by atoms with Crippen LogP contribution in [0.25, 0.3) is 22.2 Å². The van der Waals surface area contributed by atoms with Gasteiger partial charge in [0.2, 0.25) is 5.91 Å². The summed E-state index contributed by atoms with van der Waals surface area (Å²) in [6.07, 6.45) is 6.96. The van der Waals surface area contributed by atoms with Gasteiger partial charge in [-0.2, -0.15) is 4.98 Å². The fourth-order valence-electron chi connectivity index (χ4n) is 5.62. The number of anilines is 2. The predicted octanol–water partition coefficient (Wildman–Crippen LogP) is 5.78. The quantitative estimate of drug-likeness (QED) is 0.155. The number of oxazole rings is 1. The molecule has 7 aromatic rings. The first kappa shape index (κ1) is 32.1. The number of aromatic amines is 1. The van der Waals surface area contributed by atoms with Crippen LogP contribution in [-0.4, -0.2) is 55.0 Å². The number of methoxy groups -OCH3 is 1. The molecule has 0 atom stereocenters. The van der Waals surface area contributed by atoms with Crippen molar-refractivity contribution >= 4 is 28.3 Å². The number of carbonyl (C=O) groups is 1. The summed E-state index contributed by atoms with van der Waals surface area (Å²) >= 11 is 0. The van der Waals surface area contributed by atoms with Gasteiger partial charge >= 0.3 is 6.01 Å². The van der Waals surface area contributed by atoms with Gasteiger partial charge in [-0.05, 0) is 53.9 Å². The normalized spacial score (nSPS) is 11.1. The minimum atomic E-state index is -0.138. The molecule has 0 unspecified atom stereocenters. The second-order valence-electron chi connectivity index (χ2n) is 11.7. The molecule has 50 heavy (non-hydrogen) atoms. The van der Waals surface area contributed by atoms with Crippen molar-refractivity contribution in [3.63, 3.8) is 0 Å². The average Bonchev–Trinajstić information content (AvgIpc) is 3.91. The van der Waals surface area contributed by atoms with E-state index in [1.165, 1.54) is 13.5 Å². The van der Waals surface area contributed by atoms with Gasteiger partial charge in [0.1, 0.15) is 35.3 Å².